The molecule has 2 aliphatic rings. The van der Waals surface area contributed by atoms with Gasteiger partial charge in [-0.25, -0.2) is 0 Å². The van der Waals surface area contributed by atoms with E-state index in [0.29, 0.717) is 23.9 Å². The zero-order valence-electron chi connectivity index (χ0n) is 13.3. The number of likely N-dealkylation sites (tertiary alicyclic amines) is 1. The molecule has 2 fully saturated rings. The zero-order chi connectivity index (χ0) is 16.7. The number of aromatic nitrogens is 2. The predicted octanol–water partition coefficient (Wildman–Crippen LogP) is 1.73. The summed E-state index contributed by atoms with van der Waals surface area (Å²) in [5.74, 6) is 0.309. The molecular weight excluding hydrogens is 324 g/mol. The Bertz CT molecular complexity index is 776. The first kappa shape index (κ1) is 15.3. The Labute approximate surface area is 143 Å². The molecule has 1 aliphatic carbocycles. The second-order valence-electron chi connectivity index (χ2n) is 6.37. The highest BCUT2D eigenvalue weighted by Gasteiger charge is 2.48. The Morgan fingerprint density at radius 3 is 2.79 bits per heavy atom. The summed E-state index contributed by atoms with van der Waals surface area (Å²) in [4.78, 5) is 26.4. The van der Waals surface area contributed by atoms with Crippen molar-refractivity contribution in [1.82, 2.24) is 20.4 Å². The van der Waals surface area contributed by atoms with Crippen molar-refractivity contribution < 1.29 is 9.59 Å². The van der Waals surface area contributed by atoms with Crippen LogP contribution in [0.5, 0.6) is 0 Å². The molecule has 7 heteroatoms. The van der Waals surface area contributed by atoms with Crippen LogP contribution in [-0.4, -0.2) is 45.5 Å². The molecule has 2 amide bonds. The number of hydrogen-bond acceptors (Lipinski definition) is 5. The highest BCUT2D eigenvalue weighted by molar-refractivity contribution is 7.13. The Morgan fingerprint density at radius 1 is 1.29 bits per heavy atom. The van der Waals surface area contributed by atoms with E-state index in [2.05, 4.69) is 27.6 Å². The summed E-state index contributed by atoms with van der Waals surface area (Å²) < 4.78 is 0. The fourth-order valence-corrected chi connectivity index (χ4v) is 3.96. The lowest BCUT2D eigenvalue weighted by Crippen LogP contribution is -2.37. The zero-order valence-corrected chi connectivity index (χ0v) is 14.1. The summed E-state index contributed by atoms with van der Waals surface area (Å²) in [6.07, 6.45) is 1.37. The van der Waals surface area contributed by atoms with Gasteiger partial charge in [0.15, 0.2) is 0 Å². The first-order valence-corrected chi connectivity index (χ1v) is 8.89. The van der Waals surface area contributed by atoms with E-state index < -0.39 is 0 Å². The van der Waals surface area contributed by atoms with Crippen LogP contribution in [0.2, 0.25) is 0 Å². The van der Waals surface area contributed by atoms with Gasteiger partial charge in [0.2, 0.25) is 10.9 Å². The fourth-order valence-electron chi connectivity index (χ4n) is 3.37. The average molecular weight is 342 g/mol. The van der Waals surface area contributed by atoms with Crippen LogP contribution in [0.4, 0.5) is 0 Å². The molecule has 6 nitrogen and oxygen atoms in total. The highest BCUT2D eigenvalue weighted by atomic mass is 32.1. The molecule has 1 aromatic carbocycles. The van der Waals surface area contributed by atoms with Gasteiger partial charge in [0.05, 0.1) is 6.04 Å². The van der Waals surface area contributed by atoms with Crippen molar-refractivity contribution in [2.75, 3.05) is 6.54 Å². The number of amides is 2. The highest BCUT2D eigenvalue weighted by Crippen LogP contribution is 2.45. The lowest BCUT2D eigenvalue weighted by atomic mass is 10.1. The van der Waals surface area contributed by atoms with Crippen molar-refractivity contribution in [3.8, 4) is 0 Å². The Hall–Kier alpha value is -2.28. The molecule has 1 saturated carbocycles. The van der Waals surface area contributed by atoms with E-state index in [1.165, 1.54) is 16.9 Å². The molecule has 0 bridgehead atoms. The number of benzene rings is 1. The number of carbonyl (C=O) groups is 2. The summed E-state index contributed by atoms with van der Waals surface area (Å²) >= 11 is 1.26. The van der Waals surface area contributed by atoms with Crippen molar-refractivity contribution in [3.63, 3.8) is 0 Å². The molecule has 1 N–H and O–H groups in total. The molecule has 0 spiro atoms. The van der Waals surface area contributed by atoms with Crippen LogP contribution in [-0.2, 0) is 4.79 Å². The number of nitrogens with zero attached hydrogens (tertiary/aromatic N) is 3. The minimum absolute atomic E-state index is 0.122. The van der Waals surface area contributed by atoms with E-state index in [1.807, 2.05) is 30.0 Å². The fraction of sp³-hybridized carbons (Fsp3) is 0.412. The van der Waals surface area contributed by atoms with Gasteiger partial charge in [-0.2, -0.15) is 0 Å². The van der Waals surface area contributed by atoms with Crippen molar-refractivity contribution in [1.29, 1.82) is 0 Å². The maximum atomic E-state index is 12.3. The molecule has 1 saturated heterocycles. The van der Waals surface area contributed by atoms with Crippen LogP contribution in [0.1, 0.15) is 39.1 Å². The van der Waals surface area contributed by atoms with E-state index in [0.717, 1.165) is 11.4 Å². The largest absolute Gasteiger partial charge is 0.345 e. The minimum Gasteiger partial charge on any atom is -0.345 e. The monoisotopic (exact) mass is 342 g/mol. The van der Waals surface area contributed by atoms with Gasteiger partial charge in [-0.05, 0) is 18.9 Å². The molecule has 3 unspecified atom stereocenters. The maximum absolute atomic E-state index is 12.3. The SMILES string of the molecule is Cc1nnc(C(=O)NC2CC(=O)N(C3CC3c3ccccc3)C2)s1. The summed E-state index contributed by atoms with van der Waals surface area (Å²) in [5.41, 5.74) is 1.28. The summed E-state index contributed by atoms with van der Waals surface area (Å²) in [7, 11) is 0. The molecule has 1 aliphatic heterocycles. The minimum atomic E-state index is -0.240. The molecule has 24 heavy (non-hydrogen) atoms. The number of hydrogen-bond donors (Lipinski definition) is 1. The smallest absolute Gasteiger partial charge is 0.282 e. The first-order valence-electron chi connectivity index (χ1n) is 8.07. The van der Waals surface area contributed by atoms with E-state index in [1.54, 1.807) is 0 Å². The van der Waals surface area contributed by atoms with Crippen LogP contribution in [0.3, 0.4) is 0 Å². The molecule has 1 aromatic heterocycles. The molecule has 124 valence electrons. The lowest BCUT2D eigenvalue weighted by Gasteiger charge is -2.17. The van der Waals surface area contributed by atoms with Crippen LogP contribution < -0.4 is 5.32 Å². The van der Waals surface area contributed by atoms with Gasteiger partial charge in [0, 0.05) is 24.9 Å². The van der Waals surface area contributed by atoms with Gasteiger partial charge in [-0.15, -0.1) is 10.2 Å². The van der Waals surface area contributed by atoms with E-state index in [9.17, 15) is 9.59 Å². The van der Waals surface area contributed by atoms with Crippen LogP contribution >= 0.6 is 11.3 Å². The van der Waals surface area contributed by atoms with E-state index >= 15 is 0 Å². The maximum Gasteiger partial charge on any atom is 0.282 e. The van der Waals surface area contributed by atoms with Gasteiger partial charge in [0.1, 0.15) is 5.01 Å². The van der Waals surface area contributed by atoms with Crippen molar-refractivity contribution >= 4 is 23.2 Å². The number of carbonyl (C=O) groups excluding carboxylic acids is 2. The van der Waals surface area contributed by atoms with Gasteiger partial charge in [-0.3, -0.25) is 9.59 Å². The van der Waals surface area contributed by atoms with E-state index in [-0.39, 0.29) is 23.9 Å². The summed E-state index contributed by atoms with van der Waals surface area (Å²) in [6, 6.07) is 10.4. The lowest BCUT2D eigenvalue weighted by molar-refractivity contribution is -0.128. The third-order valence-electron chi connectivity index (χ3n) is 4.60. The second-order valence-corrected chi connectivity index (χ2v) is 7.55. The van der Waals surface area contributed by atoms with Crippen LogP contribution in [0.15, 0.2) is 30.3 Å². The molecular formula is C17H18N4O2S. The van der Waals surface area contributed by atoms with Crippen LogP contribution in [0.25, 0.3) is 0 Å². The Kier molecular flexibility index (Phi) is 3.80. The molecule has 3 atom stereocenters. The Morgan fingerprint density at radius 2 is 2.08 bits per heavy atom. The normalized spacial score (nSPS) is 25.8. The average Bonchev–Trinajstić information content (AvgIpc) is 3.11. The quantitative estimate of drug-likeness (QED) is 0.918. The van der Waals surface area contributed by atoms with Crippen molar-refractivity contribution in [2.24, 2.45) is 0 Å². The molecule has 2 heterocycles. The number of rotatable bonds is 4. The van der Waals surface area contributed by atoms with Gasteiger partial charge in [0.25, 0.3) is 5.91 Å². The van der Waals surface area contributed by atoms with E-state index in [4.69, 9.17) is 0 Å². The summed E-state index contributed by atoms with van der Waals surface area (Å²) in [6.45, 7) is 2.39. The third kappa shape index (κ3) is 2.91. The molecule has 4 rings (SSSR count). The second kappa shape index (κ2) is 5.98. The summed E-state index contributed by atoms with van der Waals surface area (Å²) in [5, 5.41) is 11.7. The number of nitrogens with one attached hydrogen (secondary N) is 1. The Balaban J connectivity index is 1.37. The van der Waals surface area contributed by atoms with Crippen molar-refractivity contribution in [3.05, 3.63) is 45.9 Å². The van der Waals surface area contributed by atoms with Gasteiger partial charge in [-0.1, -0.05) is 41.7 Å². The first-order chi connectivity index (χ1) is 11.6. The molecule has 0 radical (unpaired) electrons. The molecule has 2 aromatic rings. The number of aryl methyl sites for hydroxylation is 1. The van der Waals surface area contributed by atoms with Crippen LogP contribution in [0, 0.1) is 6.92 Å². The van der Waals surface area contributed by atoms with Gasteiger partial charge < -0.3 is 10.2 Å². The standard InChI is InChI=1S/C17H18N4O2S/c1-10-19-20-17(24-10)16(23)18-12-7-15(22)21(9-12)14-8-13(14)11-5-3-2-4-6-11/h2-6,12-14H,7-9H2,1H3,(H,18,23). The predicted molar refractivity (Wildman–Crippen MR) is 89.8 cm³/mol. The topological polar surface area (TPSA) is 75.2 Å². The van der Waals surface area contributed by atoms with Gasteiger partial charge >= 0.3 is 0 Å². The third-order valence-corrected chi connectivity index (χ3v) is 5.44. The van der Waals surface area contributed by atoms with Crippen molar-refractivity contribution in [2.45, 2.75) is 37.8 Å².